The first-order chi connectivity index (χ1) is 8.79. The van der Waals surface area contributed by atoms with Crippen molar-refractivity contribution in [2.45, 2.75) is 45.1 Å². The molecular weight excluding hydrogens is 228 g/mol. The SMILES string of the molecule is CCOCCCC(=O)NC1CC[C@H]2CNC[C@H]2C1. The van der Waals surface area contributed by atoms with Gasteiger partial charge < -0.3 is 15.4 Å². The fourth-order valence-corrected chi connectivity index (χ4v) is 3.21. The number of fused-ring (bicyclic) bond motifs is 1. The monoisotopic (exact) mass is 254 g/mol. The van der Waals surface area contributed by atoms with Gasteiger partial charge in [0.15, 0.2) is 0 Å². The minimum atomic E-state index is 0.198. The molecule has 0 aromatic carbocycles. The second-order valence-electron chi connectivity index (χ2n) is 5.56. The van der Waals surface area contributed by atoms with E-state index in [4.69, 9.17) is 4.74 Å². The third-order valence-electron chi connectivity index (χ3n) is 4.21. The molecule has 2 N–H and O–H groups in total. The van der Waals surface area contributed by atoms with Gasteiger partial charge in [0.1, 0.15) is 0 Å². The van der Waals surface area contributed by atoms with Crippen LogP contribution in [0.1, 0.15) is 39.0 Å². The topological polar surface area (TPSA) is 50.4 Å². The summed E-state index contributed by atoms with van der Waals surface area (Å²) in [6.07, 6.45) is 5.01. The molecule has 2 aliphatic rings. The Kier molecular flexibility index (Phi) is 5.45. The van der Waals surface area contributed by atoms with Crippen LogP contribution >= 0.6 is 0 Å². The van der Waals surface area contributed by atoms with Gasteiger partial charge in [-0.2, -0.15) is 0 Å². The van der Waals surface area contributed by atoms with Gasteiger partial charge in [-0.1, -0.05) is 0 Å². The van der Waals surface area contributed by atoms with E-state index in [-0.39, 0.29) is 5.91 Å². The van der Waals surface area contributed by atoms with E-state index in [0.717, 1.165) is 44.2 Å². The summed E-state index contributed by atoms with van der Waals surface area (Å²) in [4.78, 5) is 11.8. The summed E-state index contributed by atoms with van der Waals surface area (Å²) in [6, 6.07) is 0.408. The van der Waals surface area contributed by atoms with Crippen molar-refractivity contribution in [3.63, 3.8) is 0 Å². The molecule has 0 aromatic rings. The Morgan fingerprint density at radius 3 is 3.00 bits per heavy atom. The average molecular weight is 254 g/mol. The molecule has 0 bridgehead atoms. The predicted octanol–water partition coefficient (Wildman–Crippen LogP) is 1.31. The van der Waals surface area contributed by atoms with E-state index in [1.165, 1.54) is 13.0 Å². The van der Waals surface area contributed by atoms with Crippen LogP contribution in [0.15, 0.2) is 0 Å². The largest absolute Gasteiger partial charge is 0.382 e. The minimum absolute atomic E-state index is 0.198. The molecule has 2 fully saturated rings. The first-order valence-electron chi connectivity index (χ1n) is 7.37. The van der Waals surface area contributed by atoms with Gasteiger partial charge in [-0.25, -0.2) is 0 Å². The number of ether oxygens (including phenoxy) is 1. The molecule has 1 unspecified atom stereocenters. The maximum Gasteiger partial charge on any atom is 0.220 e. The first kappa shape index (κ1) is 13.8. The van der Waals surface area contributed by atoms with Crippen LogP contribution in [-0.4, -0.2) is 38.3 Å². The molecule has 1 amide bonds. The molecule has 0 spiro atoms. The van der Waals surface area contributed by atoms with E-state index in [9.17, 15) is 4.79 Å². The summed E-state index contributed by atoms with van der Waals surface area (Å²) in [5, 5.41) is 6.64. The van der Waals surface area contributed by atoms with E-state index in [1.54, 1.807) is 0 Å². The van der Waals surface area contributed by atoms with Crippen LogP contribution in [0.4, 0.5) is 0 Å². The van der Waals surface area contributed by atoms with Gasteiger partial charge in [0, 0.05) is 25.7 Å². The molecule has 4 heteroatoms. The maximum absolute atomic E-state index is 11.8. The van der Waals surface area contributed by atoms with Gasteiger partial charge in [-0.05, 0) is 57.5 Å². The van der Waals surface area contributed by atoms with Crippen molar-refractivity contribution in [2.75, 3.05) is 26.3 Å². The fourth-order valence-electron chi connectivity index (χ4n) is 3.21. The van der Waals surface area contributed by atoms with Crippen molar-refractivity contribution in [3.8, 4) is 0 Å². The van der Waals surface area contributed by atoms with Crippen molar-refractivity contribution in [1.29, 1.82) is 0 Å². The molecule has 2 rings (SSSR count). The van der Waals surface area contributed by atoms with Gasteiger partial charge in [0.2, 0.25) is 5.91 Å². The van der Waals surface area contributed by atoms with Gasteiger partial charge in [0.05, 0.1) is 0 Å². The molecule has 1 saturated carbocycles. The van der Waals surface area contributed by atoms with Gasteiger partial charge in [0.25, 0.3) is 0 Å². The van der Waals surface area contributed by atoms with Crippen molar-refractivity contribution >= 4 is 5.91 Å². The highest BCUT2D eigenvalue weighted by molar-refractivity contribution is 5.76. The summed E-state index contributed by atoms with van der Waals surface area (Å²) >= 11 is 0. The van der Waals surface area contributed by atoms with Crippen LogP contribution in [0.5, 0.6) is 0 Å². The second-order valence-corrected chi connectivity index (χ2v) is 5.56. The quantitative estimate of drug-likeness (QED) is 0.703. The van der Waals surface area contributed by atoms with E-state index >= 15 is 0 Å². The van der Waals surface area contributed by atoms with E-state index in [1.807, 2.05) is 6.92 Å². The summed E-state index contributed by atoms with van der Waals surface area (Å²) in [5.41, 5.74) is 0. The Morgan fingerprint density at radius 2 is 2.17 bits per heavy atom. The number of carbonyl (C=O) groups is 1. The smallest absolute Gasteiger partial charge is 0.220 e. The van der Waals surface area contributed by atoms with E-state index < -0.39 is 0 Å². The van der Waals surface area contributed by atoms with Gasteiger partial charge >= 0.3 is 0 Å². The molecule has 1 aliphatic carbocycles. The molecule has 1 aliphatic heterocycles. The molecule has 1 saturated heterocycles. The number of nitrogens with one attached hydrogen (secondary N) is 2. The van der Waals surface area contributed by atoms with Crippen LogP contribution in [0, 0.1) is 11.8 Å². The summed E-state index contributed by atoms with van der Waals surface area (Å²) in [5.74, 6) is 1.84. The molecular formula is C14H26N2O2. The van der Waals surface area contributed by atoms with E-state index in [0.29, 0.717) is 19.1 Å². The molecule has 0 radical (unpaired) electrons. The highest BCUT2D eigenvalue weighted by Crippen LogP contribution is 2.32. The normalized spacial score (nSPS) is 31.1. The Bertz CT molecular complexity index is 271. The zero-order valence-electron chi connectivity index (χ0n) is 11.4. The number of rotatable bonds is 6. The number of amides is 1. The predicted molar refractivity (Wildman–Crippen MR) is 71.4 cm³/mol. The Labute approximate surface area is 110 Å². The van der Waals surface area contributed by atoms with Crippen molar-refractivity contribution in [2.24, 2.45) is 11.8 Å². The third-order valence-corrected chi connectivity index (χ3v) is 4.21. The summed E-state index contributed by atoms with van der Waals surface area (Å²) in [7, 11) is 0. The minimum Gasteiger partial charge on any atom is -0.382 e. The average Bonchev–Trinajstić information content (AvgIpc) is 2.82. The molecule has 18 heavy (non-hydrogen) atoms. The highest BCUT2D eigenvalue weighted by atomic mass is 16.5. The standard InChI is InChI=1S/C14H26N2O2/c1-2-18-7-3-4-14(17)16-13-6-5-11-9-15-10-12(11)8-13/h11-13,15H,2-10H2,1H3,(H,16,17)/t11-,12+,13?/m0/s1. The first-order valence-corrected chi connectivity index (χ1v) is 7.37. The fraction of sp³-hybridized carbons (Fsp3) is 0.929. The van der Waals surface area contributed by atoms with Crippen molar-refractivity contribution < 1.29 is 9.53 Å². The lowest BCUT2D eigenvalue weighted by Gasteiger charge is -2.31. The number of hydrogen-bond acceptors (Lipinski definition) is 3. The lowest BCUT2D eigenvalue weighted by atomic mass is 9.79. The molecule has 104 valence electrons. The van der Waals surface area contributed by atoms with Crippen LogP contribution in [-0.2, 0) is 9.53 Å². The van der Waals surface area contributed by atoms with E-state index in [2.05, 4.69) is 10.6 Å². The molecule has 1 heterocycles. The second kappa shape index (κ2) is 7.10. The highest BCUT2D eigenvalue weighted by Gasteiger charge is 2.33. The lowest BCUT2D eigenvalue weighted by molar-refractivity contribution is -0.122. The van der Waals surface area contributed by atoms with Crippen LogP contribution in [0.3, 0.4) is 0 Å². The van der Waals surface area contributed by atoms with Crippen LogP contribution < -0.4 is 10.6 Å². The summed E-state index contributed by atoms with van der Waals surface area (Å²) in [6.45, 7) is 5.73. The van der Waals surface area contributed by atoms with Crippen molar-refractivity contribution in [1.82, 2.24) is 10.6 Å². The van der Waals surface area contributed by atoms with Crippen LogP contribution in [0.2, 0.25) is 0 Å². The number of hydrogen-bond donors (Lipinski definition) is 2. The van der Waals surface area contributed by atoms with Crippen molar-refractivity contribution in [3.05, 3.63) is 0 Å². The molecule has 3 atom stereocenters. The lowest BCUT2D eigenvalue weighted by Crippen LogP contribution is -2.40. The zero-order valence-corrected chi connectivity index (χ0v) is 11.4. The molecule has 4 nitrogen and oxygen atoms in total. The molecule has 0 aromatic heterocycles. The zero-order chi connectivity index (χ0) is 12.8. The van der Waals surface area contributed by atoms with Crippen LogP contribution in [0.25, 0.3) is 0 Å². The number of carbonyl (C=O) groups excluding carboxylic acids is 1. The maximum atomic E-state index is 11.8. The van der Waals surface area contributed by atoms with Gasteiger partial charge in [-0.3, -0.25) is 4.79 Å². The summed E-state index contributed by atoms with van der Waals surface area (Å²) < 4.78 is 5.24. The Hall–Kier alpha value is -0.610. The Balaban J connectivity index is 1.62. The van der Waals surface area contributed by atoms with Gasteiger partial charge in [-0.15, -0.1) is 0 Å². The Morgan fingerprint density at radius 1 is 1.33 bits per heavy atom. The third kappa shape index (κ3) is 3.95.